The van der Waals surface area contributed by atoms with E-state index in [1.807, 2.05) is 26.8 Å². The molecule has 0 radical (unpaired) electrons. The van der Waals surface area contributed by atoms with E-state index in [0.717, 1.165) is 5.57 Å². The molecule has 1 aliphatic heterocycles. The molecule has 1 aromatic heterocycles. The van der Waals surface area contributed by atoms with Gasteiger partial charge in [-0.25, -0.2) is 9.78 Å². The number of halogens is 1. The first-order valence-corrected chi connectivity index (χ1v) is 6.73. The van der Waals surface area contributed by atoms with Crippen molar-refractivity contribution in [3.63, 3.8) is 0 Å². The third kappa shape index (κ3) is 3.63. The lowest BCUT2D eigenvalue weighted by Crippen LogP contribution is -2.35. The number of anilines is 1. The van der Waals surface area contributed by atoms with Crippen LogP contribution in [-0.4, -0.2) is 34.7 Å². The third-order valence-electron chi connectivity index (χ3n) is 2.72. The van der Waals surface area contributed by atoms with Crippen LogP contribution in [0.3, 0.4) is 0 Å². The second kappa shape index (κ2) is 5.32. The Morgan fingerprint density at radius 1 is 1.45 bits per heavy atom. The van der Waals surface area contributed by atoms with E-state index in [4.69, 9.17) is 22.1 Å². The van der Waals surface area contributed by atoms with Crippen molar-refractivity contribution in [2.45, 2.75) is 26.4 Å². The smallest absolute Gasteiger partial charge is 0.410 e. The zero-order valence-electron chi connectivity index (χ0n) is 11.8. The number of carbonyl (C=O) groups is 1. The molecule has 1 aliphatic rings. The lowest BCUT2D eigenvalue weighted by Gasteiger charge is -2.24. The molecule has 20 heavy (non-hydrogen) atoms. The monoisotopic (exact) mass is 295 g/mol. The van der Waals surface area contributed by atoms with E-state index in [9.17, 15) is 4.79 Å². The number of amides is 1. The molecule has 1 aromatic rings. The van der Waals surface area contributed by atoms with Crippen molar-refractivity contribution in [2.75, 3.05) is 18.8 Å². The van der Waals surface area contributed by atoms with Crippen LogP contribution in [0.1, 0.15) is 26.5 Å². The quantitative estimate of drug-likeness (QED) is 0.809. The van der Waals surface area contributed by atoms with Gasteiger partial charge in [-0.3, -0.25) is 0 Å². The number of hydrogen-bond acceptors (Lipinski definition) is 4. The molecule has 0 aromatic carbocycles. The maximum Gasteiger partial charge on any atom is 0.410 e. The number of hydrogen-bond donors (Lipinski definition) is 1. The topological polar surface area (TPSA) is 68.5 Å². The summed E-state index contributed by atoms with van der Waals surface area (Å²) in [5.74, 6) is 0. The SMILES string of the molecule is CC(C)(C)OC(=O)N1CC=C(c2cc(N)cc(Cl)n2)C1. The molecule has 0 aliphatic carbocycles. The van der Waals surface area contributed by atoms with Gasteiger partial charge >= 0.3 is 6.09 Å². The zero-order chi connectivity index (χ0) is 14.9. The lowest BCUT2D eigenvalue weighted by molar-refractivity contribution is 0.0306. The average molecular weight is 296 g/mol. The van der Waals surface area contributed by atoms with Crippen LogP contribution in [-0.2, 0) is 4.74 Å². The molecule has 0 unspecified atom stereocenters. The highest BCUT2D eigenvalue weighted by Gasteiger charge is 2.26. The van der Waals surface area contributed by atoms with Gasteiger partial charge in [0, 0.05) is 12.2 Å². The molecule has 0 bridgehead atoms. The van der Waals surface area contributed by atoms with Gasteiger partial charge < -0.3 is 15.4 Å². The van der Waals surface area contributed by atoms with Gasteiger partial charge in [-0.2, -0.15) is 0 Å². The summed E-state index contributed by atoms with van der Waals surface area (Å²) in [5, 5.41) is 0.344. The van der Waals surface area contributed by atoms with Gasteiger partial charge in [-0.15, -0.1) is 0 Å². The molecule has 5 nitrogen and oxygen atoms in total. The number of nitrogens with zero attached hydrogens (tertiary/aromatic N) is 2. The van der Waals surface area contributed by atoms with E-state index in [2.05, 4.69) is 4.98 Å². The summed E-state index contributed by atoms with van der Waals surface area (Å²) in [6.45, 7) is 6.47. The van der Waals surface area contributed by atoms with Crippen LogP contribution >= 0.6 is 11.6 Å². The van der Waals surface area contributed by atoms with Crippen molar-refractivity contribution in [2.24, 2.45) is 0 Å². The molecule has 2 heterocycles. The predicted molar refractivity (Wildman–Crippen MR) is 79.4 cm³/mol. The Kier molecular flexibility index (Phi) is 3.90. The van der Waals surface area contributed by atoms with Crippen LogP contribution < -0.4 is 5.73 Å². The first-order valence-electron chi connectivity index (χ1n) is 6.35. The van der Waals surface area contributed by atoms with Gasteiger partial charge in [-0.05, 0) is 38.5 Å². The molecule has 0 atom stereocenters. The normalized spacial score (nSPS) is 15.2. The Labute approximate surface area is 123 Å². The van der Waals surface area contributed by atoms with E-state index in [1.54, 1.807) is 17.0 Å². The molecular formula is C14H18ClN3O2. The van der Waals surface area contributed by atoms with Crippen LogP contribution in [0.2, 0.25) is 5.15 Å². The highest BCUT2D eigenvalue weighted by Crippen LogP contribution is 2.24. The fourth-order valence-corrected chi connectivity index (χ4v) is 2.10. The second-order valence-corrected chi connectivity index (χ2v) is 6.09. The molecule has 0 saturated carbocycles. The summed E-state index contributed by atoms with van der Waals surface area (Å²) in [7, 11) is 0. The number of ether oxygens (including phenoxy) is 1. The lowest BCUT2D eigenvalue weighted by atomic mass is 10.2. The number of nitrogens with two attached hydrogens (primary N) is 1. The van der Waals surface area contributed by atoms with Crippen molar-refractivity contribution in [3.8, 4) is 0 Å². The Morgan fingerprint density at radius 2 is 2.15 bits per heavy atom. The number of aromatic nitrogens is 1. The molecule has 108 valence electrons. The maximum atomic E-state index is 12.0. The molecule has 0 fully saturated rings. The minimum atomic E-state index is -0.501. The van der Waals surface area contributed by atoms with Crippen LogP contribution in [0.25, 0.3) is 5.57 Å². The maximum absolute atomic E-state index is 12.0. The van der Waals surface area contributed by atoms with E-state index >= 15 is 0 Å². The molecule has 1 amide bonds. The number of nitrogen functional groups attached to an aromatic ring is 1. The Morgan fingerprint density at radius 3 is 2.75 bits per heavy atom. The minimum absolute atomic E-state index is 0.334. The Hall–Kier alpha value is -1.75. The van der Waals surface area contributed by atoms with E-state index < -0.39 is 5.60 Å². The van der Waals surface area contributed by atoms with Gasteiger partial charge in [0.1, 0.15) is 10.8 Å². The summed E-state index contributed by atoms with van der Waals surface area (Å²) in [4.78, 5) is 17.8. The van der Waals surface area contributed by atoms with Gasteiger partial charge in [-0.1, -0.05) is 17.7 Å². The van der Waals surface area contributed by atoms with Gasteiger partial charge in [0.2, 0.25) is 0 Å². The third-order valence-corrected chi connectivity index (χ3v) is 2.91. The van der Waals surface area contributed by atoms with E-state index in [-0.39, 0.29) is 6.09 Å². The molecular weight excluding hydrogens is 278 g/mol. The largest absolute Gasteiger partial charge is 0.444 e. The first-order chi connectivity index (χ1) is 9.24. The minimum Gasteiger partial charge on any atom is -0.444 e. The summed E-state index contributed by atoms with van der Waals surface area (Å²) in [5.41, 5.74) is 7.42. The fourth-order valence-electron chi connectivity index (χ4n) is 1.89. The molecule has 2 N–H and O–H groups in total. The van der Waals surface area contributed by atoms with Crippen molar-refractivity contribution in [1.29, 1.82) is 0 Å². The van der Waals surface area contributed by atoms with Crippen molar-refractivity contribution in [3.05, 3.63) is 29.1 Å². The number of rotatable bonds is 1. The van der Waals surface area contributed by atoms with Gasteiger partial charge in [0.25, 0.3) is 0 Å². The molecule has 6 heteroatoms. The van der Waals surface area contributed by atoms with Crippen molar-refractivity contribution in [1.82, 2.24) is 9.88 Å². The van der Waals surface area contributed by atoms with Gasteiger partial charge in [0.15, 0.2) is 0 Å². The van der Waals surface area contributed by atoms with Crippen LogP contribution in [0.5, 0.6) is 0 Å². The van der Waals surface area contributed by atoms with Crippen molar-refractivity contribution < 1.29 is 9.53 Å². The average Bonchev–Trinajstić information content (AvgIpc) is 2.74. The van der Waals surface area contributed by atoms with Gasteiger partial charge in [0.05, 0.1) is 12.2 Å². The first kappa shape index (κ1) is 14.7. The number of pyridine rings is 1. The summed E-state index contributed by atoms with van der Waals surface area (Å²) in [6.07, 6.45) is 1.60. The standard InChI is InChI=1S/C14H18ClN3O2/c1-14(2,3)20-13(19)18-5-4-9(8-18)11-6-10(16)7-12(15)17-11/h4,6-7H,5,8H2,1-3H3,(H2,16,17). The predicted octanol–water partition coefficient (Wildman–Crippen LogP) is 2.95. The van der Waals surface area contributed by atoms with Crippen LogP contribution in [0.15, 0.2) is 18.2 Å². The van der Waals surface area contributed by atoms with Crippen LogP contribution in [0.4, 0.5) is 10.5 Å². The Bertz CT molecular complexity index is 544. The summed E-state index contributed by atoms with van der Waals surface area (Å²) >= 11 is 5.89. The fraction of sp³-hybridized carbons (Fsp3) is 0.429. The second-order valence-electron chi connectivity index (χ2n) is 5.70. The highest BCUT2D eigenvalue weighted by molar-refractivity contribution is 6.29. The highest BCUT2D eigenvalue weighted by atomic mass is 35.5. The zero-order valence-corrected chi connectivity index (χ0v) is 12.6. The molecule has 0 saturated heterocycles. The van der Waals surface area contributed by atoms with E-state index in [1.165, 1.54) is 0 Å². The van der Waals surface area contributed by atoms with Crippen LogP contribution in [0, 0.1) is 0 Å². The number of carbonyl (C=O) groups excluding carboxylic acids is 1. The molecule has 2 rings (SSSR count). The van der Waals surface area contributed by atoms with E-state index in [0.29, 0.717) is 29.6 Å². The van der Waals surface area contributed by atoms with Crippen molar-refractivity contribution >= 4 is 29.0 Å². The summed E-state index contributed by atoms with van der Waals surface area (Å²) < 4.78 is 5.34. The Balaban J connectivity index is 2.06. The summed E-state index contributed by atoms with van der Waals surface area (Å²) in [6, 6.07) is 3.34. The molecule has 0 spiro atoms.